The highest BCUT2D eigenvalue weighted by Gasteiger charge is 2.40. The van der Waals surface area contributed by atoms with Crippen molar-refractivity contribution < 1.29 is 4.74 Å². The van der Waals surface area contributed by atoms with E-state index >= 15 is 0 Å². The molecular weight excluding hydrogens is 334 g/mol. The molecule has 2 heterocycles. The van der Waals surface area contributed by atoms with Crippen molar-refractivity contribution in [2.45, 2.75) is 10.5 Å². The zero-order valence-electron chi connectivity index (χ0n) is 13.1. The van der Waals surface area contributed by atoms with E-state index in [1.807, 2.05) is 30.0 Å². The zero-order chi connectivity index (χ0) is 16.2. The third kappa shape index (κ3) is 3.12. The zero-order valence-corrected chi connectivity index (χ0v) is 14.7. The number of hydrogen-bond acceptors (Lipinski definition) is 4. The Hall–Kier alpha value is -2.04. The van der Waals surface area contributed by atoms with Crippen molar-refractivity contribution in [1.29, 1.82) is 0 Å². The van der Waals surface area contributed by atoms with Gasteiger partial charge in [0.25, 0.3) is 0 Å². The molecule has 0 amide bonds. The summed E-state index contributed by atoms with van der Waals surface area (Å²) in [6, 6.07) is 25.0. The molecule has 1 atom stereocenters. The van der Waals surface area contributed by atoms with Crippen LogP contribution in [0.25, 0.3) is 0 Å². The lowest BCUT2D eigenvalue weighted by atomic mass is 9.96. The first-order chi connectivity index (χ1) is 11.9. The number of thioether (sulfide) groups is 1. The third-order valence-electron chi connectivity index (χ3n) is 4.02. The monoisotopic (exact) mass is 351 g/mol. The van der Waals surface area contributed by atoms with Crippen molar-refractivity contribution in [1.82, 2.24) is 0 Å². The summed E-state index contributed by atoms with van der Waals surface area (Å²) in [5.41, 5.74) is 0.782. The molecule has 4 heteroatoms. The molecule has 0 fully saturated rings. The SMILES string of the molecule is c1ccc(SCC2(c3ccccc3)CN=C(c3cccs3)O2)cc1. The van der Waals surface area contributed by atoms with Gasteiger partial charge in [-0.25, -0.2) is 4.99 Å². The largest absolute Gasteiger partial charge is 0.462 e. The summed E-state index contributed by atoms with van der Waals surface area (Å²) in [4.78, 5) is 7.06. The number of thiophene rings is 1. The molecule has 1 aromatic heterocycles. The summed E-state index contributed by atoms with van der Waals surface area (Å²) in [5.74, 6) is 1.60. The molecule has 0 N–H and O–H groups in total. The van der Waals surface area contributed by atoms with Crippen LogP contribution in [-0.4, -0.2) is 18.2 Å². The van der Waals surface area contributed by atoms with E-state index in [-0.39, 0.29) is 0 Å². The Morgan fingerprint density at radius 2 is 1.71 bits per heavy atom. The van der Waals surface area contributed by atoms with E-state index in [1.54, 1.807) is 11.3 Å². The van der Waals surface area contributed by atoms with Crippen LogP contribution < -0.4 is 0 Å². The maximum Gasteiger partial charge on any atom is 0.227 e. The van der Waals surface area contributed by atoms with Gasteiger partial charge in [0, 0.05) is 10.6 Å². The van der Waals surface area contributed by atoms with Gasteiger partial charge in [0.2, 0.25) is 5.90 Å². The number of hydrogen-bond donors (Lipinski definition) is 0. The summed E-state index contributed by atoms with van der Waals surface area (Å²) in [7, 11) is 0. The van der Waals surface area contributed by atoms with E-state index in [9.17, 15) is 0 Å². The lowest BCUT2D eigenvalue weighted by Crippen LogP contribution is -2.33. The number of benzene rings is 2. The highest BCUT2D eigenvalue weighted by atomic mass is 32.2. The van der Waals surface area contributed by atoms with Crippen LogP contribution in [0.5, 0.6) is 0 Å². The molecule has 120 valence electrons. The smallest absolute Gasteiger partial charge is 0.227 e. The molecule has 0 aliphatic carbocycles. The van der Waals surface area contributed by atoms with Gasteiger partial charge in [-0.3, -0.25) is 0 Å². The Kier molecular flexibility index (Phi) is 4.41. The second-order valence-electron chi connectivity index (χ2n) is 5.66. The number of rotatable bonds is 5. The van der Waals surface area contributed by atoms with Crippen LogP contribution in [0.4, 0.5) is 0 Å². The molecule has 1 aliphatic rings. The van der Waals surface area contributed by atoms with Crippen molar-refractivity contribution in [2.75, 3.05) is 12.3 Å². The summed E-state index contributed by atoms with van der Waals surface area (Å²) in [6.07, 6.45) is 0. The molecule has 24 heavy (non-hydrogen) atoms. The minimum absolute atomic E-state index is 0.402. The van der Waals surface area contributed by atoms with Crippen LogP contribution in [-0.2, 0) is 10.3 Å². The Morgan fingerprint density at radius 3 is 2.42 bits per heavy atom. The Labute approximate surface area is 150 Å². The average Bonchev–Trinajstić information content (AvgIpc) is 3.32. The van der Waals surface area contributed by atoms with E-state index in [1.165, 1.54) is 10.5 Å². The van der Waals surface area contributed by atoms with Crippen molar-refractivity contribution in [3.63, 3.8) is 0 Å². The lowest BCUT2D eigenvalue weighted by Gasteiger charge is -2.28. The summed E-state index contributed by atoms with van der Waals surface area (Å²) in [6.45, 7) is 0.657. The minimum Gasteiger partial charge on any atom is -0.462 e. The van der Waals surface area contributed by atoms with Crippen molar-refractivity contribution >= 4 is 29.0 Å². The van der Waals surface area contributed by atoms with Crippen LogP contribution >= 0.6 is 23.1 Å². The van der Waals surface area contributed by atoms with Gasteiger partial charge in [0.05, 0.1) is 11.4 Å². The topological polar surface area (TPSA) is 21.6 Å². The van der Waals surface area contributed by atoms with E-state index in [4.69, 9.17) is 9.73 Å². The average molecular weight is 351 g/mol. The van der Waals surface area contributed by atoms with Crippen LogP contribution in [0.2, 0.25) is 0 Å². The number of aliphatic imine (C=N–C) groups is 1. The van der Waals surface area contributed by atoms with Crippen LogP contribution in [0.1, 0.15) is 10.4 Å². The molecule has 1 unspecified atom stereocenters. The van der Waals surface area contributed by atoms with Gasteiger partial charge >= 0.3 is 0 Å². The first kappa shape index (κ1) is 15.5. The molecule has 2 aromatic carbocycles. The van der Waals surface area contributed by atoms with Gasteiger partial charge in [-0.1, -0.05) is 54.6 Å². The number of nitrogens with zero attached hydrogens (tertiary/aromatic N) is 1. The summed E-state index contributed by atoms with van der Waals surface area (Å²) in [5, 5.41) is 2.06. The predicted molar refractivity (Wildman–Crippen MR) is 102 cm³/mol. The van der Waals surface area contributed by atoms with Gasteiger partial charge in [-0.2, -0.15) is 0 Å². The molecule has 4 rings (SSSR count). The van der Waals surface area contributed by atoms with Crippen molar-refractivity contribution in [3.05, 3.63) is 88.6 Å². The van der Waals surface area contributed by atoms with Gasteiger partial charge in [0.15, 0.2) is 5.60 Å². The Balaban J connectivity index is 1.60. The van der Waals surface area contributed by atoms with Crippen LogP contribution in [0.3, 0.4) is 0 Å². The van der Waals surface area contributed by atoms with E-state index < -0.39 is 5.60 Å². The fourth-order valence-corrected chi connectivity index (χ4v) is 4.48. The normalized spacial score (nSPS) is 19.8. The second-order valence-corrected chi connectivity index (χ2v) is 7.66. The van der Waals surface area contributed by atoms with Gasteiger partial charge < -0.3 is 4.74 Å². The molecule has 0 radical (unpaired) electrons. The Bertz CT molecular complexity index is 815. The minimum atomic E-state index is -0.402. The standard InChI is InChI=1S/C20H17NOS2/c1-3-8-16(9-4-1)20(15-24-17-10-5-2-6-11-17)14-21-19(22-20)18-12-7-13-23-18/h1-13H,14-15H2. The first-order valence-electron chi connectivity index (χ1n) is 7.86. The molecule has 0 saturated heterocycles. The quantitative estimate of drug-likeness (QED) is 0.588. The highest BCUT2D eigenvalue weighted by Crippen LogP contribution is 2.38. The molecule has 0 bridgehead atoms. The molecule has 2 nitrogen and oxygen atoms in total. The fourth-order valence-electron chi connectivity index (χ4n) is 2.74. The fraction of sp³-hybridized carbons (Fsp3) is 0.150. The summed E-state index contributed by atoms with van der Waals surface area (Å²) < 4.78 is 6.44. The first-order valence-corrected chi connectivity index (χ1v) is 9.73. The maximum absolute atomic E-state index is 6.44. The molecule has 0 spiro atoms. The summed E-state index contributed by atoms with van der Waals surface area (Å²) >= 11 is 3.48. The van der Waals surface area contributed by atoms with E-state index in [2.05, 4.69) is 60.0 Å². The Morgan fingerprint density at radius 1 is 0.958 bits per heavy atom. The maximum atomic E-state index is 6.44. The van der Waals surface area contributed by atoms with E-state index in [0.29, 0.717) is 6.54 Å². The molecule has 1 aliphatic heterocycles. The number of ether oxygens (including phenoxy) is 1. The van der Waals surface area contributed by atoms with Crippen LogP contribution in [0, 0.1) is 0 Å². The highest BCUT2D eigenvalue weighted by molar-refractivity contribution is 7.99. The van der Waals surface area contributed by atoms with Gasteiger partial charge in [0.1, 0.15) is 0 Å². The third-order valence-corrected chi connectivity index (χ3v) is 6.09. The predicted octanol–water partition coefficient (Wildman–Crippen LogP) is 5.21. The van der Waals surface area contributed by atoms with Crippen molar-refractivity contribution in [3.8, 4) is 0 Å². The van der Waals surface area contributed by atoms with Crippen molar-refractivity contribution in [2.24, 2.45) is 4.99 Å². The van der Waals surface area contributed by atoms with Crippen LogP contribution in [0.15, 0.2) is 88.1 Å². The lowest BCUT2D eigenvalue weighted by molar-refractivity contribution is 0.114. The molecule has 3 aromatic rings. The van der Waals surface area contributed by atoms with Gasteiger partial charge in [-0.15, -0.1) is 23.1 Å². The second kappa shape index (κ2) is 6.83. The van der Waals surface area contributed by atoms with Gasteiger partial charge in [-0.05, 0) is 29.1 Å². The molecular formula is C20H17NOS2. The molecule has 0 saturated carbocycles. The van der Waals surface area contributed by atoms with E-state index in [0.717, 1.165) is 16.5 Å².